The average molecular weight is 284 g/mol. The van der Waals surface area contributed by atoms with Crippen LogP contribution in [0.2, 0.25) is 4.34 Å². The highest BCUT2D eigenvalue weighted by molar-refractivity contribution is 7.17. The van der Waals surface area contributed by atoms with Crippen molar-refractivity contribution in [1.82, 2.24) is 14.9 Å². The van der Waals surface area contributed by atoms with Gasteiger partial charge in [0.05, 0.1) is 15.5 Å². The van der Waals surface area contributed by atoms with Gasteiger partial charge >= 0.3 is 0 Å². The fraction of sp³-hybridized carbons (Fsp3) is 0.333. The van der Waals surface area contributed by atoms with Crippen LogP contribution in [0.15, 0.2) is 30.9 Å². The molecule has 2 rings (SSSR count). The lowest BCUT2D eigenvalue weighted by Crippen LogP contribution is -2.25. The molecular weight excluding hydrogens is 270 g/mol. The summed E-state index contributed by atoms with van der Waals surface area (Å²) in [6.07, 6.45) is 6.32. The summed E-state index contributed by atoms with van der Waals surface area (Å²) in [6, 6.07) is 3.79. The Hall–Kier alpha value is -1.33. The van der Waals surface area contributed by atoms with Gasteiger partial charge in [-0.1, -0.05) is 11.6 Å². The first kappa shape index (κ1) is 13.1. The molecule has 1 amide bonds. The Morgan fingerprint density at radius 1 is 1.61 bits per heavy atom. The number of carbonyl (C=O) groups excluding carboxylic acids is 1. The number of amides is 1. The molecule has 96 valence electrons. The second kappa shape index (κ2) is 6.02. The number of rotatable bonds is 5. The zero-order valence-electron chi connectivity index (χ0n) is 9.97. The Labute approximate surface area is 115 Å². The van der Waals surface area contributed by atoms with Crippen LogP contribution in [0.25, 0.3) is 0 Å². The molecular formula is C12H14ClN3OS. The van der Waals surface area contributed by atoms with Crippen molar-refractivity contribution in [2.75, 3.05) is 6.54 Å². The minimum atomic E-state index is -0.0651. The lowest BCUT2D eigenvalue weighted by atomic mass is 10.2. The van der Waals surface area contributed by atoms with Gasteiger partial charge in [-0.05, 0) is 25.5 Å². The highest BCUT2D eigenvalue weighted by atomic mass is 35.5. The molecule has 0 aliphatic carbocycles. The maximum atomic E-state index is 11.7. The van der Waals surface area contributed by atoms with Gasteiger partial charge in [0.25, 0.3) is 5.91 Å². The number of hydrogen-bond donors (Lipinski definition) is 1. The summed E-state index contributed by atoms with van der Waals surface area (Å²) in [6.45, 7) is 2.73. The molecule has 0 fully saturated rings. The smallest absolute Gasteiger partial charge is 0.261 e. The number of halogens is 1. The molecule has 2 heterocycles. The van der Waals surface area contributed by atoms with E-state index >= 15 is 0 Å². The van der Waals surface area contributed by atoms with Crippen LogP contribution in [0.3, 0.4) is 0 Å². The molecule has 1 unspecified atom stereocenters. The maximum absolute atomic E-state index is 11.7. The molecule has 0 aliphatic rings. The molecule has 1 N–H and O–H groups in total. The molecule has 0 saturated carbocycles. The number of carbonyl (C=O) groups is 1. The fourth-order valence-corrected chi connectivity index (χ4v) is 2.56. The molecule has 4 nitrogen and oxygen atoms in total. The minimum absolute atomic E-state index is 0.0651. The number of thiophene rings is 1. The van der Waals surface area contributed by atoms with Gasteiger partial charge in [-0.2, -0.15) is 0 Å². The topological polar surface area (TPSA) is 46.9 Å². The summed E-state index contributed by atoms with van der Waals surface area (Å²) in [5, 5.41) is 2.88. The van der Waals surface area contributed by atoms with Crippen LogP contribution in [0, 0.1) is 0 Å². The van der Waals surface area contributed by atoms with Crippen molar-refractivity contribution in [2.45, 2.75) is 19.4 Å². The van der Waals surface area contributed by atoms with E-state index in [1.54, 1.807) is 24.7 Å². The van der Waals surface area contributed by atoms with E-state index in [4.69, 9.17) is 11.6 Å². The third kappa shape index (κ3) is 3.34. The van der Waals surface area contributed by atoms with Gasteiger partial charge < -0.3 is 9.88 Å². The van der Waals surface area contributed by atoms with Gasteiger partial charge in [0.15, 0.2) is 0 Å². The second-order valence-corrected chi connectivity index (χ2v) is 5.72. The first-order chi connectivity index (χ1) is 8.66. The standard InChI is InChI=1S/C12H14ClN3OS/c1-9(16-7-6-14-8-16)4-5-15-12(17)10-2-3-11(13)18-10/h2-3,6-9H,4-5H2,1H3,(H,15,17). The summed E-state index contributed by atoms with van der Waals surface area (Å²) >= 11 is 7.08. The fourth-order valence-electron chi connectivity index (χ4n) is 1.60. The van der Waals surface area contributed by atoms with Gasteiger partial charge in [-0.3, -0.25) is 4.79 Å². The van der Waals surface area contributed by atoms with Gasteiger partial charge in [0.2, 0.25) is 0 Å². The SMILES string of the molecule is CC(CCNC(=O)c1ccc(Cl)s1)n1ccnc1. The van der Waals surface area contributed by atoms with E-state index < -0.39 is 0 Å². The summed E-state index contributed by atoms with van der Waals surface area (Å²) in [4.78, 5) is 16.4. The average Bonchev–Trinajstić information content (AvgIpc) is 2.99. The van der Waals surface area contributed by atoms with Gasteiger partial charge in [0, 0.05) is 25.0 Å². The first-order valence-corrected chi connectivity index (χ1v) is 6.87. The lowest BCUT2D eigenvalue weighted by Gasteiger charge is -2.12. The Bertz CT molecular complexity index is 509. The van der Waals surface area contributed by atoms with E-state index in [9.17, 15) is 4.79 Å². The van der Waals surface area contributed by atoms with Crippen molar-refractivity contribution in [3.8, 4) is 0 Å². The predicted octanol–water partition coefficient (Wildman–Crippen LogP) is 2.98. The van der Waals surface area contributed by atoms with Crippen LogP contribution in [0.1, 0.15) is 29.1 Å². The van der Waals surface area contributed by atoms with Gasteiger partial charge in [-0.25, -0.2) is 4.98 Å². The van der Waals surface area contributed by atoms with Crippen LogP contribution in [0.5, 0.6) is 0 Å². The molecule has 2 aromatic heterocycles. The first-order valence-electron chi connectivity index (χ1n) is 5.68. The van der Waals surface area contributed by atoms with Crippen molar-refractivity contribution in [1.29, 1.82) is 0 Å². The molecule has 0 spiro atoms. The van der Waals surface area contributed by atoms with E-state index in [0.29, 0.717) is 21.8 Å². The molecule has 1 atom stereocenters. The molecule has 0 saturated heterocycles. The van der Waals surface area contributed by atoms with Crippen LogP contribution in [0.4, 0.5) is 0 Å². The molecule has 2 aromatic rings. The second-order valence-electron chi connectivity index (χ2n) is 4.01. The number of nitrogens with zero attached hydrogens (tertiary/aromatic N) is 2. The molecule has 0 aromatic carbocycles. The van der Waals surface area contributed by atoms with Gasteiger partial charge in [0.1, 0.15) is 0 Å². The Morgan fingerprint density at radius 2 is 2.44 bits per heavy atom. The third-order valence-electron chi connectivity index (χ3n) is 2.68. The molecule has 0 radical (unpaired) electrons. The van der Waals surface area contributed by atoms with E-state index in [1.807, 2.05) is 10.8 Å². The van der Waals surface area contributed by atoms with Crippen LogP contribution >= 0.6 is 22.9 Å². The van der Waals surface area contributed by atoms with E-state index in [0.717, 1.165) is 6.42 Å². The Kier molecular flexibility index (Phi) is 4.38. The van der Waals surface area contributed by atoms with Crippen molar-refractivity contribution in [3.63, 3.8) is 0 Å². The quantitative estimate of drug-likeness (QED) is 0.917. The normalized spacial score (nSPS) is 12.3. The van der Waals surface area contributed by atoms with Crippen molar-refractivity contribution in [3.05, 3.63) is 40.1 Å². The summed E-state index contributed by atoms with van der Waals surface area (Å²) in [5.74, 6) is -0.0651. The predicted molar refractivity (Wildman–Crippen MR) is 73.2 cm³/mol. The summed E-state index contributed by atoms with van der Waals surface area (Å²) in [5.41, 5.74) is 0. The Morgan fingerprint density at radius 3 is 3.06 bits per heavy atom. The number of aromatic nitrogens is 2. The highest BCUT2D eigenvalue weighted by Gasteiger charge is 2.09. The number of imidazole rings is 1. The summed E-state index contributed by atoms with van der Waals surface area (Å²) < 4.78 is 2.65. The largest absolute Gasteiger partial charge is 0.351 e. The number of nitrogens with one attached hydrogen (secondary N) is 1. The highest BCUT2D eigenvalue weighted by Crippen LogP contribution is 2.21. The Balaban J connectivity index is 1.77. The molecule has 0 bridgehead atoms. The van der Waals surface area contributed by atoms with Gasteiger partial charge in [-0.15, -0.1) is 11.3 Å². The summed E-state index contributed by atoms with van der Waals surface area (Å²) in [7, 11) is 0. The van der Waals surface area contributed by atoms with Crippen molar-refractivity contribution in [2.24, 2.45) is 0 Å². The third-order valence-corrected chi connectivity index (χ3v) is 3.91. The lowest BCUT2D eigenvalue weighted by molar-refractivity contribution is 0.0956. The van der Waals surface area contributed by atoms with Crippen LogP contribution in [-0.2, 0) is 0 Å². The minimum Gasteiger partial charge on any atom is -0.351 e. The monoisotopic (exact) mass is 283 g/mol. The maximum Gasteiger partial charge on any atom is 0.261 e. The van der Waals surface area contributed by atoms with E-state index in [2.05, 4.69) is 17.2 Å². The zero-order valence-corrected chi connectivity index (χ0v) is 11.5. The number of hydrogen-bond acceptors (Lipinski definition) is 3. The van der Waals surface area contributed by atoms with Crippen LogP contribution in [-0.4, -0.2) is 22.0 Å². The molecule has 6 heteroatoms. The van der Waals surface area contributed by atoms with Crippen molar-refractivity contribution >= 4 is 28.8 Å². The van der Waals surface area contributed by atoms with Crippen molar-refractivity contribution < 1.29 is 4.79 Å². The van der Waals surface area contributed by atoms with Crippen LogP contribution < -0.4 is 5.32 Å². The molecule has 0 aliphatic heterocycles. The van der Waals surface area contributed by atoms with E-state index in [-0.39, 0.29) is 5.91 Å². The van der Waals surface area contributed by atoms with E-state index in [1.165, 1.54) is 11.3 Å². The zero-order chi connectivity index (χ0) is 13.0. The molecule has 18 heavy (non-hydrogen) atoms.